The van der Waals surface area contributed by atoms with E-state index in [1.54, 1.807) is 6.07 Å². The van der Waals surface area contributed by atoms with Crippen LogP contribution < -0.4 is 5.32 Å². The molecule has 1 saturated heterocycles. The summed E-state index contributed by atoms with van der Waals surface area (Å²) in [4.78, 5) is 2.23. The first kappa shape index (κ1) is 12.8. The molecule has 1 heterocycles. The molecule has 0 saturated carbocycles. The molecule has 1 fully saturated rings. The van der Waals surface area contributed by atoms with E-state index in [2.05, 4.69) is 23.2 Å². The number of piperidine rings is 1. The lowest BCUT2D eigenvalue weighted by Crippen LogP contribution is -2.44. The van der Waals surface area contributed by atoms with Gasteiger partial charge in [-0.3, -0.25) is 0 Å². The second-order valence-electron chi connectivity index (χ2n) is 4.66. The van der Waals surface area contributed by atoms with Crippen molar-refractivity contribution in [2.45, 2.75) is 32.2 Å². The Bertz CT molecular complexity index is 478. The van der Waals surface area contributed by atoms with E-state index in [-0.39, 0.29) is 0 Å². The molecule has 3 nitrogen and oxygen atoms in total. The average molecular weight is 259 g/mol. The number of hydrogen-bond acceptors (Lipinski definition) is 2. The van der Waals surface area contributed by atoms with Gasteiger partial charge in [-0.2, -0.15) is 5.26 Å². The summed E-state index contributed by atoms with van der Waals surface area (Å²) in [5.41, 5.74) is 1.53. The first-order chi connectivity index (χ1) is 8.70. The molecular weight excluding hydrogens is 242 g/mol. The van der Waals surface area contributed by atoms with Gasteiger partial charge in [0.25, 0.3) is 0 Å². The third-order valence-corrected chi connectivity index (χ3v) is 3.64. The molecule has 0 amide bonds. The Labute approximate surface area is 113 Å². The quantitative estimate of drug-likeness (QED) is 0.786. The first-order valence-corrected chi connectivity index (χ1v) is 6.69. The van der Waals surface area contributed by atoms with Gasteiger partial charge in [0.05, 0.1) is 11.6 Å². The third-order valence-electron chi connectivity index (χ3n) is 3.31. The smallest absolute Gasteiger partial charge is 0.173 e. The van der Waals surface area contributed by atoms with Crippen molar-refractivity contribution in [3.8, 4) is 6.07 Å². The van der Waals surface area contributed by atoms with E-state index in [1.807, 2.05) is 18.2 Å². The number of benzene rings is 1. The lowest BCUT2D eigenvalue weighted by atomic mass is 10.0. The maximum atomic E-state index is 8.87. The molecule has 1 unspecified atom stereocenters. The Balaban J connectivity index is 2.04. The summed E-state index contributed by atoms with van der Waals surface area (Å²) in [6.45, 7) is 3.23. The maximum Gasteiger partial charge on any atom is 0.173 e. The van der Waals surface area contributed by atoms with E-state index in [4.69, 9.17) is 17.5 Å². The van der Waals surface area contributed by atoms with Crippen molar-refractivity contribution in [1.82, 2.24) is 4.90 Å². The highest BCUT2D eigenvalue weighted by Gasteiger charge is 2.20. The Morgan fingerprint density at radius 1 is 1.50 bits per heavy atom. The fourth-order valence-corrected chi connectivity index (χ4v) is 2.65. The summed E-state index contributed by atoms with van der Waals surface area (Å²) in [6.07, 6.45) is 3.68. The fourth-order valence-electron chi connectivity index (χ4n) is 2.26. The highest BCUT2D eigenvalue weighted by atomic mass is 32.1. The Morgan fingerprint density at radius 3 is 3.06 bits per heavy atom. The van der Waals surface area contributed by atoms with Crippen LogP contribution in [0.1, 0.15) is 31.7 Å². The number of nitrogens with zero attached hydrogens (tertiary/aromatic N) is 2. The molecule has 0 radical (unpaired) electrons. The topological polar surface area (TPSA) is 39.1 Å². The first-order valence-electron chi connectivity index (χ1n) is 6.28. The summed E-state index contributed by atoms with van der Waals surface area (Å²) >= 11 is 5.44. The van der Waals surface area contributed by atoms with Crippen molar-refractivity contribution >= 4 is 23.0 Å². The standard InChI is InChI=1S/C14H17N3S/c1-11-5-2-3-8-17(11)14(18)16-13-7-4-6-12(9-13)10-15/h4,6-7,9,11H,2-3,5,8H2,1H3,(H,16,18). The van der Waals surface area contributed by atoms with Crippen LogP contribution in [-0.2, 0) is 0 Å². The minimum Gasteiger partial charge on any atom is -0.346 e. The molecule has 0 bridgehead atoms. The van der Waals surface area contributed by atoms with Gasteiger partial charge in [-0.05, 0) is 56.6 Å². The van der Waals surface area contributed by atoms with E-state index in [9.17, 15) is 0 Å². The van der Waals surface area contributed by atoms with Crippen molar-refractivity contribution in [1.29, 1.82) is 5.26 Å². The largest absolute Gasteiger partial charge is 0.346 e. The normalized spacial score (nSPS) is 19.1. The van der Waals surface area contributed by atoms with Crippen LogP contribution in [0.5, 0.6) is 0 Å². The van der Waals surface area contributed by atoms with Crippen molar-refractivity contribution in [2.24, 2.45) is 0 Å². The number of hydrogen-bond donors (Lipinski definition) is 1. The molecule has 1 aromatic carbocycles. The number of rotatable bonds is 1. The van der Waals surface area contributed by atoms with Crippen LogP contribution in [0, 0.1) is 11.3 Å². The zero-order chi connectivity index (χ0) is 13.0. The molecule has 1 aliphatic heterocycles. The summed E-state index contributed by atoms with van der Waals surface area (Å²) in [6, 6.07) is 10.0. The second-order valence-corrected chi connectivity index (χ2v) is 5.05. The highest BCUT2D eigenvalue weighted by Crippen LogP contribution is 2.18. The zero-order valence-corrected chi connectivity index (χ0v) is 11.3. The van der Waals surface area contributed by atoms with E-state index in [1.165, 1.54) is 19.3 Å². The Morgan fingerprint density at radius 2 is 2.33 bits per heavy atom. The van der Waals surface area contributed by atoms with Crippen LogP contribution >= 0.6 is 12.2 Å². The summed E-state index contributed by atoms with van der Waals surface area (Å²) in [5.74, 6) is 0. The van der Waals surface area contributed by atoms with Crippen LogP contribution in [0.4, 0.5) is 5.69 Å². The van der Waals surface area contributed by atoms with Crippen LogP contribution in [0.25, 0.3) is 0 Å². The van der Waals surface area contributed by atoms with Crippen molar-refractivity contribution in [3.63, 3.8) is 0 Å². The van der Waals surface area contributed by atoms with Crippen LogP contribution in [0.3, 0.4) is 0 Å². The van der Waals surface area contributed by atoms with E-state index in [0.717, 1.165) is 17.3 Å². The molecule has 0 spiro atoms. The number of anilines is 1. The maximum absolute atomic E-state index is 8.87. The zero-order valence-electron chi connectivity index (χ0n) is 10.5. The molecule has 0 aliphatic carbocycles. The summed E-state index contributed by atoms with van der Waals surface area (Å²) in [7, 11) is 0. The third kappa shape index (κ3) is 2.99. The highest BCUT2D eigenvalue weighted by molar-refractivity contribution is 7.80. The van der Waals surface area contributed by atoms with E-state index in [0.29, 0.717) is 11.6 Å². The molecule has 1 atom stereocenters. The van der Waals surface area contributed by atoms with Gasteiger partial charge in [0.2, 0.25) is 0 Å². The Hall–Kier alpha value is -1.60. The predicted octanol–water partition coefficient (Wildman–Crippen LogP) is 3.13. The molecule has 0 aromatic heterocycles. The summed E-state index contributed by atoms with van der Waals surface area (Å²) < 4.78 is 0. The van der Waals surface area contributed by atoms with Gasteiger partial charge in [-0.25, -0.2) is 0 Å². The van der Waals surface area contributed by atoms with Gasteiger partial charge in [0.1, 0.15) is 0 Å². The molecule has 1 aromatic rings. The molecule has 18 heavy (non-hydrogen) atoms. The number of thiocarbonyl (C=S) groups is 1. The SMILES string of the molecule is CC1CCCCN1C(=S)Nc1cccc(C#N)c1. The average Bonchev–Trinajstić information content (AvgIpc) is 2.39. The minimum absolute atomic E-state index is 0.498. The van der Waals surface area contributed by atoms with Gasteiger partial charge in [0.15, 0.2) is 5.11 Å². The summed E-state index contributed by atoms with van der Waals surface area (Å²) in [5, 5.41) is 12.9. The molecule has 4 heteroatoms. The second kappa shape index (κ2) is 5.83. The van der Waals surface area contributed by atoms with Crippen molar-refractivity contribution < 1.29 is 0 Å². The number of nitrogens with one attached hydrogen (secondary N) is 1. The van der Waals surface area contributed by atoms with Crippen LogP contribution in [0.15, 0.2) is 24.3 Å². The van der Waals surface area contributed by atoms with Gasteiger partial charge in [-0.15, -0.1) is 0 Å². The van der Waals surface area contributed by atoms with Gasteiger partial charge >= 0.3 is 0 Å². The van der Waals surface area contributed by atoms with Gasteiger partial charge in [0, 0.05) is 18.3 Å². The fraction of sp³-hybridized carbons (Fsp3) is 0.429. The molecule has 94 valence electrons. The number of nitriles is 1. The molecule has 2 rings (SSSR count). The minimum atomic E-state index is 0.498. The van der Waals surface area contributed by atoms with Gasteiger partial charge < -0.3 is 10.2 Å². The molecule has 1 aliphatic rings. The van der Waals surface area contributed by atoms with Crippen molar-refractivity contribution in [3.05, 3.63) is 29.8 Å². The van der Waals surface area contributed by atoms with Crippen molar-refractivity contribution in [2.75, 3.05) is 11.9 Å². The predicted molar refractivity (Wildman–Crippen MR) is 77.4 cm³/mol. The lowest BCUT2D eigenvalue weighted by molar-refractivity contribution is 0.262. The van der Waals surface area contributed by atoms with E-state index >= 15 is 0 Å². The van der Waals surface area contributed by atoms with E-state index < -0.39 is 0 Å². The van der Waals surface area contributed by atoms with Gasteiger partial charge in [-0.1, -0.05) is 6.07 Å². The Kier molecular flexibility index (Phi) is 4.16. The molecular formula is C14H17N3S. The van der Waals surface area contributed by atoms with Crippen LogP contribution in [0.2, 0.25) is 0 Å². The van der Waals surface area contributed by atoms with Crippen LogP contribution in [-0.4, -0.2) is 22.6 Å². The number of likely N-dealkylation sites (tertiary alicyclic amines) is 1. The lowest BCUT2D eigenvalue weighted by Gasteiger charge is -2.35. The monoisotopic (exact) mass is 259 g/mol. The molecule has 1 N–H and O–H groups in total.